The molecule has 0 radical (unpaired) electrons. The number of methoxy groups -OCH3 is 1. The number of carbonyl (C=O) groups is 2. The molecule has 0 aliphatic rings. The number of hydrogen-bond donors (Lipinski definition) is 2. The number of esters is 1. The Morgan fingerprint density at radius 2 is 1.92 bits per heavy atom. The van der Waals surface area contributed by atoms with Gasteiger partial charge in [-0.2, -0.15) is 0 Å². The van der Waals surface area contributed by atoms with Crippen LogP contribution >= 0.6 is 11.3 Å². The molecule has 0 unspecified atom stereocenters. The van der Waals surface area contributed by atoms with Gasteiger partial charge in [0.25, 0.3) is 5.91 Å². The molecule has 0 saturated heterocycles. The highest BCUT2D eigenvalue weighted by molar-refractivity contribution is 7.15. The van der Waals surface area contributed by atoms with Crippen molar-refractivity contribution in [1.82, 2.24) is 15.2 Å². The van der Waals surface area contributed by atoms with Gasteiger partial charge in [-0.15, -0.1) is 10.2 Å². The zero-order valence-electron chi connectivity index (χ0n) is 15.8. The third-order valence-electron chi connectivity index (χ3n) is 4.09. The van der Waals surface area contributed by atoms with Crippen LogP contribution in [0.2, 0.25) is 0 Å². The highest BCUT2D eigenvalue weighted by Crippen LogP contribution is 2.24. The molecule has 1 amide bonds. The fraction of sp³-hybridized carbons (Fsp3) is 0.556. The molecular formula is C18H26N4O3S. The monoisotopic (exact) mass is 378 g/mol. The van der Waals surface area contributed by atoms with Crippen LogP contribution in [0.4, 0.5) is 5.13 Å². The summed E-state index contributed by atoms with van der Waals surface area (Å²) in [5.41, 5.74) is 2.13. The fourth-order valence-electron chi connectivity index (χ4n) is 2.84. The number of aryl methyl sites for hydroxylation is 2. The average Bonchev–Trinajstić information content (AvgIpc) is 3.19. The molecule has 2 heterocycles. The Kier molecular flexibility index (Phi) is 7.32. The lowest BCUT2D eigenvalue weighted by atomic mass is 10.0. The van der Waals surface area contributed by atoms with E-state index in [1.807, 2.05) is 6.92 Å². The molecule has 0 fully saturated rings. The van der Waals surface area contributed by atoms with Crippen molar-refractivity contribution in [2.45, 2.75) is 59.3 Å². The molecule has 8 heteroatoms. The number of aromatic amines is 1. The standard InChI is InChI=1S/C18H26N4O3S/c1-5-7-8-10-13-21-22-18(26-13)20-16(23)15-12(9-6-2)14(11(3)19-15)17(24)25-4/h19H,5-10H2,1-4H3,(H,20,22,23). The number of amides is 1. The van der Waals surface area contributed by atoms with Crippen molar-refractivity contribution in [3.63, 3.8) is 0 Å². The van der Waals surface area contributed by atoms with Gasteiger partial charge in [0.2, 0.25) is 5.13 Å². The molecule has 7 nitrogen and oxygen atoms in total. The number of unbranched alkanes of at least 4 members (excludes halogenated alkanes) is 2. The number of hydrogen-bond acceptors (Lipinski definition) is 6. The van der Waals surface area contributed by atoms with Crippen molar-refractivity contribution in [2.75, 3.05) is 12.4 Å². The van der Waals surface area contributed by atoms with Crippen molar-refractivity contribution in [2.24, 2.45) is 0 Å². The predicted molar refractivity (Wildman–Crippen MR) is 102 cm³/mol. The smallest absolute Gasteiger partial charge is 0.339 e. The van der Waals surface area contributed by atoms with Crippen molar-refractivity contribution in [3.8, 4) is 0 Å². The summed E-state index contributed by atoms with van der Waals surface area (Å²) in [6, 6.07) is 0. The number of nitrogens with one attached hydrogen (secondary N) is 2. The molecule has 0 aromatic carbocycles. The number of carbonyl (C=O) groups excluding carboxylic acids is 2. The third kappa shape index (κ3) is 4.69. The lowest BCUT2D eigenvalue weighted by molar-refractivity contribution is 0.0599. The topological polar surface area (TPSA) is 97.0 Å². The first-order chi connectivity index (χ1) is 12.5. The summed E-state index contributed by atoms with van der Waals surface area (Å²) >= 11 is 1.39. The maximum absolute atomic E-state index is 12.7. The predicted octanol–water partition coefficient (Wildman–Crippen LogP) is 3.90. The summed E-state index contributed by atoms with van der Waals surface area (Å²) < 4.78 is 4.85. The molecular weight excluding hydrogens is 352 g/mol. The molecule has 142 valence electrons. The van der Waals surface area contributed by atoms with E-state index in [0.29, 0.717) is 34.1 Å². The van der Waals surface area contributed by atoms with E-state index < -0.39 is 5.97 Å². The number of anilines is 1. The van der Waals surface area contributed by atoms with Crippen LogP contribution < -0.4 is 5.32 Å². The summed E-state index contributed by atoms with van der Waals surface area (Å²) in [6.07, 6.45) is 5.66. The maximum Gasteiger partial charge on any atom is 0.339 e. The van der Waals surface area contributed by atoms with Crippen LogP contribution in [0, 0.1) is 6.92 Å². The van der Waals surface area contributed by atoms with Crippen LogP contribution in [-0.2, 0) is 17.6 Å². The normalized spacial score (nSPS) is 10.8. The lowest BCUT2D eigenvalue weighted by Crippen LogP contribution is -2.15. The van der Waals surface area contributed by atoms with Crippen LogP contribution in [0.25, 0.3) is 0 Å². The SMILES string of the molecule is CCCCCc1nnc(NC(=O)c2[nH]c(C)c(C(=O)OC)c2CCC)s1. The van der Waals surface area contributed by atoms with E-state index >= 15 is 0 Å². The fourth-order valence-corrected chi connectivity index (χ4v) is 3.62. The Hall–Kier alpha value is -2.22. The van der Waals surface area contributed by atoms with Crippen LogP contribution in [0.1, 0.15) is 76.6 Å². The number of H-pyrrole nitrogens is 1. The molecule has 2 aromatic rings. The van der Waals surface area contributed by atoms with E-state index in [1.54, 1.807) is 6.92 Å². The van der Waals surface area contributed by atoms with Crippen LogP contribution in [0.3, 0.4) is 0 Å². The van der Waals surface area contributed by atoms with Gasteiger partial charge in [0.15, 0.2) is 0 Å². The number of aromatic nitrogens is 3. The minimum absolute atomic E-state index is 0.317. The second-order valence-corrected chi connectivity index (χ2v) is 7.19. The molecule has 0 bridgehead atoms. The Labute approximate surface area is 157 Å². The van der Waals surface area contributed by atoms with Gasteiger partial charge in [-0.25, -0.2) is 4.79 Å². The first-order valence-electron chi connectivity index (χ1n) is 8.95. The summed E-state index contributed by atoms with van der Waals surface area (Å²) in [4.78, 5) is 27.8. The van der Waals surface area contributed by atoms with Gasteiger partial charge in [-0.05, 0) is 25.3 Å². The van der Waals surface area contributed by atoms with Crippen molar-refractivity contribution >= 4 is 28.3 Å². The second kappa shape index (κ2) is 9.47. The third-order valence-corrected chi connectivity index (χ3v) is 4.99. The molecule has 2 N–H and O–H groups in total. The van der Waals surface area contributed by atoms with Crippen LogP contribution in [0.5, 0.6) is 0 Å². The summed E-state index contributed by atoms with van der Waals surface area (Å²) in [5.74, 6) is -0.752. The molecule has 0 aliphatic carbocycles. The largest absolute Gasteiger partial charge is 0.465 e. The average molecular weight is 378 g/mol. The van der Waals surface area contributed by atoms with Crippen LogP contribution in [0.15, 0.2) is 0 Å². The summed E-state index contributed by atoms with van der Waals surface area (Å²) in [6.45, 7) is 5.91. The van der Waals surface area contributed by atoms with E-state index in [9.17, 15) is 9.59 Å². The second-order valence-electron chi connectivity index (χ2n) is 6.13. The summed E-state index contributed by atoms with van der Waals surface area (Å²) in [7, 11) is 1.34. The molecule has 0 aliphatic heterocycles. The zero-order valence-corrected chi connectivity index (χ0v) is 16.6. The van der Waals surface area contributed by atoms with Crippen molar-refractivity contribution < 1.29 is 14.3 Å². The highest BCUT2D eigenvalue weighted by atomic mass is 32.1. The zero-order chi connectivity index (χ0) is 19.1. The van der Waals surface area contributed by atoms with Crippen LogP contribution in [-0.4, -0.2) is 34.2 Å². The van der Waals surface area contributed by atoms with Crippen molar-refractivity contribution in [1.29, 1.82) is 0 Å². The van der Waals surface area contributed by atoms with Gasteiger partial charge in [0, 0.05) is 12.1 Å². The summed E-state index contributed by atoms with van der Waals surface area (Å²) in [5, 5.41) is 12.3. The molecule has 0 saturated carbocycles. The minimum Gasteiger partial charge on any atom is -0.465 e. The Morgan fingerprint density at radius 3 is 2.58 bits per heavy atom. The molecule has 2 rings (SSSR count). The van der Waals surface area contributed by atoms with Crippen molar-refractivity contribution in [3.05, 3.63) is 27.5 Å². The Morgan fingerprint density at radius 1 is 1.15 bits per heavy atom. The lowest BCUT2D eigenvalue weighted by Gasteiger charge is -2.05. The number of nitrogens with zero attached hydrogens (tertiary/aromatic N) is 2. The first kappa shape index (κ1) is 20.1. The number of rotatable bonds is 9. The van der Waals surface area contributed by atoms with Gasteiger partial charge in [0.1, 0.15) is 10.7 Å². The van der Waals surface area contributed by atoms with Gasteiger partial charge < -0.3 is 9.72 Å². The van der Waals surface area contributed by atoms with E-state index in [2.05, 4.69) is 27.4 Å². The first-order valence-corrected chi connectivity index (χ1v) is 9.76. The molecule has 0 atom stereocenters. The van der Waals surface area contributed by atoms with E-state index in [4.69, 9.17) is 4.74 Å². The Bertz CT molecular complexity index is 767. The molecule has 2 aromatic heterocycles. The van der Waals surface area contributed by atoms with Gasteiger partial charge in [-0.3, -0.25) is 10.1 Å². The number of ether oxygens (including phenoxy) is 1. The van der Waals surface area contributed by atoms with Gasteiger partial charge in [-0.1, -0.05) is 44.4 Å². The molecule has 26 heavy (non-hydrogen) atoms. The Balaban J connectivity index is 2.18. The quantitative estimate of drug-likeness (QED) is 0.509. The van der Waals surface area contributed by atoms with E-state index in [-0.39, 0.29) is 5.91 Å². The minimum atomic E-state index is -0.435. The van der Waals surface area contributed by atoms with Gasteiger partial charge in [0.05, 0.1) is 12.7 Å². The van der Waals surface area contributed by atoms with E-state index in [0.717, 1.165) is 37.1 Å². The van der Waals surface area contributed by atoms with Gasteiger partial charge >= 0.3 is 5.97 Å². The highest BCUT2D eigenvalue weighted by Gasteiger charge is 2.25. The van der Waals surface area contributed by atoms with E-state index in [1.165, 1.54) is 18.4 Å². The maximum atomic E-state index is 12.7. The molecule has 0 spiro atoms.